The van der Waals surface area contributed by atoms with Crippen LogP contribution in [0, 0.1) is 0 Å². The van der Waals surface area contributed by atoms with Gasteiger partial charge in [0.25, 0.3) is 0 Å². The second-order valence-electron chi connectivity index (χ2n) is 3.26. The predicted octanol–water partition coefficient (Wildman–Crippen LogP) is 1.27. The van der Waals surface area contributed by atoms with Crippen molar-refractivity contribution in [2.24, 2.45) is 0 Å². The van der Waals surface area contributed by atoms with E-state index in [1.54, 1.807) is 6.92 Å². The standard InChI is InChI=1S/C8H14O2/c1-8(10)6-4-2-3-5-7(8)9/h10H,2-6H2,1H3. The molecule has 0 aromatic rings. The minimum Gasteiger partial charge on any atom is -0.382 e. The highest BCUT2D eigenvalue weighted by molar-refractivity contribution is 5.86. The van der Waals surface area contributed by atoms with Crippen molar-refractivity contribution in [3.05, 3.63) is 0 Å². The van der Waals surface area contributed by atoms with Crippen LogP contribution in [-0.4, -0.2) is 16.5 Å². The van der Waals surface area contributed by atoms with Gasteiger partial charge in [-0.1, -0.05) is 12.8 Å². The second kappa shape index (κ2) is 2.70. The highest BCUT2D eigenvalue weighted by Crippen LogP contribution is 2.22. The van der Waals surface area contributed by atoms with Crippen LogP contribution >= 0.6 is 0 Å². The Kier molecular flexibility index (Phi) is 2.09. The first-order chi connectivity index (χ1) is 4.63. The molecule has 1 N–H and O–H groups in total. The van der Waals surface area contributed by atoms with Crippen molar-refractivity contribution in [3.63, 3.8) is 0 Å². The maximum Gasteiger partial charge on any atom is 0.164 e. The van der Waals surface area contributed by atoms with E-state index in [0.717, 1.165) is 19.3 Å². The van der Waals surface area contributed by atoms with Gasteiger partial charge in [-0.15, -0.1) is 0 Å². The lowest BCUT2D eigenvalue weighted by Gasteiger charge is -2.17. The van der Waals surface area contributed by atoms with Gasteiger partial charge in [-0.25, -0.2) is 0 Å². The molecule has 0 aromatic carbocycles. The number of carbonyl (C=O) groups excluding carboxylic acids is 1. The van der Waals surface area contributed by atoms with Gasteiger partial charge < -0.3 is 5.11 Å². The van der Waals surface area contributed by atoms with Crippen molar-refractivity contribution in [2.45, 2.75) is 44.6 Å². The van der Waals surface area contributed by atoms with Crippen molar-refractivity contribution >= 4 is 5.78 Å². The average molecular weight is 142 g/mol. The van der Waals surface area contributed by atoms with Gasteiger partial charge in [-0.2, -0.15) is 0 Å². The fourth-order valence-corrected chi connectivity index (χ4v) is 1.34. The topological polar surface area (TPSA) is 37.3 Å². The monoisotopic (exact) mass is 142 g/mol. The van der Waals surface area contributed by atoms with Crippen molar-refractivity contribution in [1.82, 2.24) is 0 Å². The van der Waals surface area contributed by atoms with Crippen LogP contribution in [0.15, 0.2) is 0 Å². The summed E-state index contributed by atoms with van der Waals surface area (Å²) in [5, 5.41) is 9.47. The van der Waals surface area contributed by atoms with E-state index in [1.165, 1.54) is 0 Å². The van der Waals surface area contributed by atoms with E-state index in [4.69, 9.17) is 0 Å². The maximum atomic E-state index is 11.1. The Morgan fingerprint density at radius 3 is 2.80 bits per heavy atom. The third kappa shape index (κ3) is 1.57. The molecule has 0 aromatic heterocycles. The lowest BCUT2D eigenvalue weighted by molar-refractivity contribution is -0.135. The number of hydrogen-bond donors (Lipinski definition) is 1. The zero-order chi connectivity index (χ0) is 7.61. The molecular weight excluding hydrogens is 128 g/mol. The van der Waals surface area contributed by atoms with E-state index >= 15 is 0 Å². The molecule has 1 saturated carbocycles. The molecule has 2 heteroatoms. The molecule has 58 valence electrons. The predicted molar refractivity (Wildman–Crippen MR) is 38.7 cm³/mol. The van der Waals surface area contributed by atoms with Gasteiger partial charge in [0.2, 0.25) is 0 Å². The van der Waals surface area contributed by atoms with Gasteiger partial charge in [0.15, 0.2) is 5.78 Å². The Bertz CT molecular complexity index is 138. The molecule has 10 heavy (non-hydrogen) atoms. The van der Waals surface area contributed by atoms with Gasteiger partial charge in [-0.05, 0) is 19.8 Å². The highest BCUT2D eigenvalue weighted by Gasteiger charge is 2.30. The first-order valence-corrected chi connectivity index (χ1v) is 3.88. The molecule has 1 aliphatic rings. The summed E-state index contributed by atoms with van der Waals surface area (Å²) in [6.07, 6.45) is 4.23. The van der Waals surface area contributed by atoms with Gasteiger partial charge in [0.1, 0.15) is 5.60 Å². The van der Waals surface area contributed by atoms with Crippen LogP contribution in [0.4, 0.5) is 0 Å². The van der Waals surface area contributed by atoms with E-state index in [1.807, 2.05) is 0 Å². The smallest absolute Gasteiger partial charge is 0.164 e. The second-order valence-corrected chi connectivity index (χ2v) is 3.26. The number of rotatable bonds is 0. The summed E-state index contributed by atoms with van der Waals surface area (Å²) in [6, 6.07) is 0. The van der Waals surface area contributed by atoms with Crippen molar-refractivity contribution in [3.8, 4) is 0 Å². The zero-order valence-corrected chi connectivity index (χ0v) is 6.39. The molecular formula is C8H14O2. The van der Waals surface area contributed by atoms with Crippen molar-refractivity contribution in [2.75, 3.05) is 0 Å². The van der Waals surface area contributed by atoms with Crippen LogP contribution in [-0.2, 0) is 4.79 Å². The lowest BCUT2D eigenvalue weighted by atomic mass is 9.96. The molecule has 0 saturated heterocycles. The third-order valence-electron chi connectivity index (χ3n) is 2.17. The quantitative estimate of drug-likeness (QED) is 0.517. The normalized spacial score (nSPS) is 35.6. The molecule has 1 unspecified atom stereocenters. The van der Waals surface area contributed by atoms with E-state index in [2.05, 4.69) is 0 Å². The Balaban J connectivity index is 2.61. The molecule has 1 aliphatic carbocycles. The largest absolute Gasteiger partial charge is 0.382 e. The minimum atomic E-state index is -1.02. The molecule has 0 radical (unpaired) electrons. The average Bonchev–Trinajstić information content (AvgIpc) is 1.96. The number of aliphatic hydroxyl groups is 1. The molecule has 1 atom stereocenters. The van der Waals surface area contributed by atoms with Crippen LogP contribution in [0.25, 0.3) is 0 Å². The number of Topliss-reactive ketones (excluding diaryl/α,β-unsaturated/α-hetero) is 1. The van der Waals surface area contributed by atoms with Gasteiger partial charge in [0.05, 0.1) is 0 Å². The molecule has 1 rings (SSSR count). The fraction of sp³-hybridized carbons (Fsp3) is 0.875. The molecule has 0 heterocycles. The van der Waals surface area contributed by atoms with Crippen molar-refractivity contribution < 1.29 is 9.90 Å². The minimum absolute atomic E-state index is 0.0185. The lowest BCUT2D eigenvalue weighted by Crippen LogP contribution is -2.33. The van der Waals surface area contributed by atoms with Crippen LogP contribution in [0.3, 0.4) is 0 Å². The molecule has 0 bridgehead atoms. The molecule has 0 aliphatic heterocycles. The molecule has 2 nitrogen and oxygen atoms in total. The number of carbonyl (C=O) groups is 1. The summed E-state index contributed by atoms with van der Waals surface area (Å²) in [6.45, 7) is 1.63. The Morgan fingerprint density at radius 1 is 1.40 bits per heavy atom. The maximum absolute atomic E-state index is 11.1. The Labute approximate surface area is 61.2 Å². The highest BCUT2D eigenvalue weighted by atomic mass is 16.3. The van der Waals surface area contributed by atoms with Gasteiger partial charge in [0, 0.05) is 6.42 Å². The van der Waals surface area contributed by atoms with Gasteiger partial charge in [-0.3, -0.25) is 4.79 Å². The molecule has 1 fully saturated rings. The van der Waals surface area contributed by atoms with E-state index < -0.39 is 5.60 Å². The summed E-state index contributed by atoms with van der Waals surface area (Å²) < 4.78 is 0. The van der Waals surface area contributed by atoms with Gasteiger partial charge >= 0.3 is 0 Å². The van der Waals surface area contributed by atoms with Crippen LogP contribution < -0.4 is 0 Å². The summed E-state index contributed by atoms with van der Waals surface area (Å²) in [4.78, 5) is 11.1. The first kappa shape index (κ1) is 7.73. The molecule has 0 spiro atoms. The zero-order valence-electron chi connectivity index (χ0n) is 6.39. The molecule has 0 amide bonds. The first-order valence-electron chi connectivity index (χ1n) is 3.88. The summed E-state index contributed by atoms with van der Waals surface area (Å²) >= 11 is 0. The Hall–Kier alpha value is -0.370. The summed E-state index contributed by atoms with van der Waals surface area (Å²) in [5.41, 5.74) is -1.02. The summed E-state index contributed by atoms with van der Waals surface area (Å²) in [5.74, 6) is 0.0185. The van der Waals surface area contributed by atoms with Crippen molar-refractivity contribution in [1.29, 1.82) is 0 Å². The van der Waals surface area contributed by atoms with Crippen LogP contribution in [0.5, 0.6) is 0 Å². The van der Waals surface area contributed by atoms with E-state index in [9.17, 15) is 9.90 Å². The van der Waals surface area contributed by atoms with E-state index in [0.29, 0.717) is 12.8 Å². The third-order valence-corrected chi connectivity index (χ3v) is 2.17. The van der Waals surface area contributed by atoms with Crippen LogP contribution in [0.1, 0.15) is 39.0 Å². The number of ketones is 1. The fourth-order valence-electron chi connectivity index (χ4n) is 1.34. The number of hydrogen-bond acceptors (Lipinski definition) is 2. The summed E-state index contributed by atoms with van der Waals surface area (Å²) in [7, 11) is 0. The van der Waals surface area contributed by atoms with Crippen LogP contribution in [0.2, 0.25) is 0 Å². The SMILES string of the molecule is CC1(O)CCCCCC1=O. The Morgan fingerprint density at radius 2 is 2.10 bits per heavy atom. The van der Waals surface area contributed by atoms with E-state index in [-0.39, 0.29) is 5.78 Å².